The van der Waals surface area contributed by atoms with Crippen LogP contribution in [0.4, 0.5) is 0 Å². The highest BCUT2D eigenvalue weighted by atomic mass is 79.9. The summed E-state index contributed by atoms with van der Waals surface area (Å²) >= 11 is 6.61. The van der Waals surface area contributed by atoms with Gasteiger partial charge in [-0.1, -0.05) is 28.1 Å². The molecule has 0 aliphatic rings. The predicted octanol–water partition coefficient (Wildman–Crippen LogP) is 3.96. The van der Waals surface area contributed by atoms with E-state index < -0.39 is 0 Å². The molecule has 0 aliphatic heterocycles. The van der Waals surface area contributed by atoms with Crippen LogP contribution in [0.5, 0.6) is 0 Å². The van der Waals surface area contributed by atoms with Gasteiger partial charge in [0.25, 0.3) is 0 Å². The smallest absolute Gasteiger partial charge is 0.340 e. The molecule has 0 atom stereocenters. The van der Waals surface area contributed by atoms with E-state index in [1.54, 1.807) is 12.3 Å². The zero-order valence-electron chi connectivity index (χ0n) is 9.27. The number of esters is 1. The van der Waals surface area contributed by atoms with Crippen LogP contribution in [0.15, 0.2) is 51.7 Å². The molecule has 0 radical (unpaired) electrons. The van der Waals surface area contributed by atoms with E-state index in [4.69, 9.17) is 4.74 Å². The van der Waals surface area contributed by atoms with Crippen molar-refractivity contribution in [3.8, 4) is 0 Å². The molecule has 0 unspecified atom stereocenters. The first-order valence-electron chi connectivity index (χ1n) is 5.17. The van der Waals surface area contributed by atoms with Gasteiger partial charge in [0.15, 0.2) is 0 Å². The highest BCUT2D eigenvalue weighted by Crippen LogP contribution is 2.13. The Morgan fingerprint density at radius 2 is 1.83 bits per heavy atom. The number of ether oxygens (including phenoxy) is 1. The number of halogens is 2. The number of hydrogen-bond acceptors (Lipinski definition) is 3. The third-order valence-corrected chi connectivity index (χ3v) is 3.19. The standard InChI is InChI=1S/C13H9Br2NO2/c14-11-3-1-9(2-4-11)8-18-13(17)10-5-12(15)7-16-6-10/h1-7H,8H2. The van der Waals surface area contributed by atoms with E-state index in [0.29, 0.717) is 5.56 Å². The molecule has 2 rings (SSSR count). The van der Waals surface area contributed by atoms with Crippen LogP contribution in [0.3, 0.4) is 0 Å². The molecule has 18 heavy (non-hydrogen) atoms. The molecule has 3 nitrogen and oxygen atoms in total. The minimum Gasteiger partial charge on any atom is -0.457 e. The summed E-state index contributed by atoms with van der Waals surface area (Å²) in [7, 11) is 0. The fourth-order valence-corrected chi connectivity index (χ4v) is 1.97. The average Bonchev–Trinajstić information content (AvgIpc) is 2.38. The molecule has 1 aromatic heterocycles. The normalized spacial score (nSPS) is 10.1. The summed E-state index contributed by atoms with van der Waals surface area (Å²) in [4.78, 5) is 15.7. The largest absolute Gasteiger partial charge is 0.457 e. The van der Waals surface area contributed by atoms with E-state index in [9.17, 15) is 4.79 Å². The average molecular weight is 371 g/mol. The molecule has 0 amide bonds. The topological polar surface area (TPSA) is 39.2 Å². The van der Waals surface area contributed by atoms with Crippen molar-refractivity contribution >= 4 is 37.8 Å². The van der Waals surface area contributed by atoms with Gasteiger partial charge in [-0.05, 0) is 39.7 Å². The lowest BCUT2D eigenvalue weighted by atomic mass is 10.2. The molecule has 2 aromatic rings. The van der Waals surface area contributed by atoms with Gasteiger partial charge in [-0.2, -0.15) is 0 Å². The lowest BCUT2D eigenvalue weighted by molar-refractivity contribution is 0.0472. The summed E-state index contributed by atoms with van der Waals surface area (Å²) in [6.45, 7) is 0.249. The van der Waals surface area contributed by atoms with Gasteiger partial charge in [0, 0.05) is 21.3 Å². The van der Waals surface area contributed by atoms with Gasteiger partial charge < -0.3 is 4.74 Å². The van der Waals surface area contributed by atoms with Gasteiger partial charge in [-0.3, -0.25) is 4.98 Å². The summed E-state index contributed by atoms with van der Waals surface area (Å²) in [6.07, 6.45) is 3.10. The highest BCUT2D eigenvalue weighted by Gasteiger charge is 2.08. The van der Waals surface area contributed by atoms with Crippen LogP contribution in [-0.4, -0.2) is 11.0 Å². The van der Waals surface area contributed by atoms with E-state index >= 15 is 0 Å². The first kappa shape index (κ1) is 13.2. The Morgan fingerprint density at radius 1 is 1.11 bits per heavy atom. The van der Waals surface area contributed by atoms with Crippen LogP contribution in [0.2, 0.25) is 0 Å². The molecular formula is C13H9Br2NO2. The Morgan fingerprint density at radius 3 is 2.50 bits per heavy atom. The first-order valence-corrected chi connectivity index (χ1v) is 6.76. The van der Waals surface area contributed by atoms with Crippen molar-refractivity contribution in [2.75, 3.05) is 0 Å². The number of carbonyl (C=O) groups is 1. The molecular weight excluding hydrogens is 362 g/mol. The number of carbonyl (C=O) groups excluding carboxylic acids is 1. The molecule has 0 saturated heterocycles. The Balaban J connectivity index is 1.98. The monoisotopic (exact) mass is 369 g/mol. The zero-order valence-corrected chi connectivity index (χ0v) is 12.4. The van der Waals surface area contributed by atoms with Crippen molar-refractivity contribution in [1.29, 1.82) is 0 Å². The molecule has 0 saturated carbocycles. The van der Waals surface area contributed by atoms with Gasteiger partial charge in [-0.25, -0.2) is 4.79 Å². The highest BCUT2D eigenvalue weighted by molar-refractivity contribution is 9.10. The fraction of sp³-hybridized carbons (Fsp3) is 0.0769. The minimum absolute atomic E-state index is 0.249. The zero-order chi connectivity index (χ0) is 13.0. The summed E-state index contributed by atoms with van der Waals surface area (Å²) in [5.41, 5.74) is 1.37. The van der Waals surface area contributed by atoms with Gasteiger partial charge in [0.05, 0.1) is 5.56 Å². The molecule has 0 bridgehead atoms. The second-order valence-corrected chi connectivity index (χ2v) is 5.43. The third kappa shape index (κ3) is 3.65. The Bertz CT molecular complexity index is 555. The maximum atomic E-state index is 11.7. The number of hydrogen-bond donors (Lipinski definition) is 0. The van der Waals surface area contributed by atoms with E-state index in [-0.39, 0.29) is 12.6 Å². The van der Waals surface area contributed by atoms with Crippen molar-refractivity contribution < 1.29 is 9.53 Å². The molecule has 0 N–H and O–H groups in total. The molecule has 0 spiro atoms. The Hall–Kier alpha value is -1.20. The molecule has 92 valence electrons. The van der Waals surface area contributed by atoms with Crippen LogP contribution >= 0.6 is 31.9 Å². The maximum absolute atomic E-state index is 11.7. The van der Waals surface area contributed by atoms with Crippen molar-refractivity contribution in [1.82, 2.24) is 4.98 Å². The van der Waals surface area contributed by atoms with E-state index in [1.165, 1.54) is 6.20 Å². The third-order valence-electron chi connectivity index (χ3n) is 2.22. The lowest BCUT2D eigenvalue weighted by Gasteiger charge is -2.05. The van der Waals surface area contributed by atoms with Crippen molar-refractivity contribution in [3.63, 3.8) is 0 Å². The van der Waals surface area contributed by atoms with Crippen molar-refractivity contribution in [2.45, 2.75) is 6.61 Å². The van der Waals surface area contributed by atoms with Crippen molar-refractivity contribution in [2.24, 2.45) is 0 Å². The lowest BCUT2D eigenvalue weighted by Crippen LogP contribution is -2.05. The quantitative estimate of drug-likeness (QED) is 0.767. The van der Waals surface area contributed by atoms with Crippen molar-refractivity contribution in [3.05, 3.63) is 62.8 Å². The molecule has 0 fully saturated rings. The van der Waals surface area contributed by atoms with Crippen LogP contribution in [0.25, 0.3) is 0 Å². The fourth-order valence-electron chi connectivity index (χ4n) is 1.34. The number of aromatic nitrogens is 1. The minimum atomic E-state index is -0.383. The number of benzene rings is 1. The first-order chi connectivity index (χ1) is 8.65. The van der Waals surface area contributed by atoms with E-state index in [0.717, 1.165) is 14.5 Å². The van der Waals surface area contributed by atoms with Gasteiger partial charge in [-0.15, -0.1) is 0 Å². The molecule has 1 aromatic carbocycles. The summed E-state index contributed by atoms with van der Waals surface area (Å²) in [6, 6.07) is 9.29. The van der Waals surface area contributed by atoms with Crippen LogP contribution in [0.1, 0.15) is 15.9 Å². The second kappa shape index (κ2) is 6.11. The second-order valence-electron chi connectivity index (χ2n) is 3.59. The molecule has 0 aliphatic carbocycles. The maximum Gasteiger partial charge on any atom is 0.340 e. The Kier molecular flexibility index (Phi) is 4.49. The molecule has 5 heteroatoms. The molecule has 1 heterocycles. The summed E-state index contributed by atoms with van der Waals surface area (Å²) < 4.78 is 6.94. The number of nitrogens with zero attached hydrogens (tertiary/aromatic N) is 1. The van der Waals surface area contributed by atoms with Gasteiger partial charge >= 0.3 is 5.97 Å². The Labute approximate surface area is 121 Å². The predicted molar refractivity (Wildman–Crippen MR) is 75.2 cm³/mol. The van der Waals surface area contributed by atoms with E-state index in [1.807, 2.05) is 24.3 Å². The van der Waals surface area contributed by atoms with Crippen LogP contribution in [-0.2, 0) is 11.3 Å². The van der Waals surface area contributed by atoms with Crippen LogP contribution < -0.4 is 0 Å². The van der Waals surface area contributed by atoms with Crippen LogP contribution in [0, 0.1) is 0 Å². The van der Waals surface area contributed by atoms with Gasteiger partial charge in [0.2, 0.25) is 0 Å². The summed E-state index contributed by atoms with van der Waals surface area (Å²) in [5.74, 6) is -0.383. The van der Waals surface area contributed by atoms with E-state index in [2.05, 4.69) is 36.8 Å². The number of pyridine rings is 1. The SMILES string of the molecule is O=C(OCc1ccc(Br)cc1)c1cncc(Br)c1. The summed E-state index contributed by atoms with van der Waals surface area (Å²) in [5, 5.41) is 0. The van der Waals surface area contributed by atoms with Gasteiger partial charge in [0.1, 0.15) is 6.61 Å². The number of rotatable bonds is 3.